The van der Waals surface area contributed by atoms with Crippen molar-refractivity contribution < 1.29 is 9.90 Å². The number of anilines is 1. The molecule has 1 N–H and O–H groups in total. The number of hydrogen-bond donors (Lipinski definition) is 1. The van der Waals surface area contributed by atoms with Crippen molar-refractivity contribution in [3.63, 3.8) is 0 Å². The van der Waals surface area contributed by atoms with Crippen LogP contribution in [0.25, 0.3) is 0 Å². The van der Waals surface area contributed by atoms with E-state index in [0.717, 1.165) is 44.6 Å². The fraction of sp³-hybridized carbons (Fsp3) is 0.632. The summed E-state index contributed by atoms with van der Waals surface area (Å²) in [6.07, 6.45) is 5.44. The van der Waals surface area contributed by atoms with E-state index in [9.17, 15) is 9.90 Å². The van der Waals surface area contributed by atoms with Crippen LogP contribution in [-0.4, -0.2) is 47.7 Å². The van der Waals surface area contributed by atoms with E-state index >= 15 is 0 Å². The maximum atomic E-state index is 12.6. The first-order valence-electron chi connectivity index (χ1n) is 9.01. The second-order valence-electron chi connectivity index (χ2n) is 6.75. The molecule has 2 unspecified atom stereocenters. The van der Waals surface area contributed by atoms with Gasteiger partial charge in [0.25, 0.3) is 0 Å². The third-order valence-electron chi connectivity index (χ3n) is 5.33. The summed E-state index contributed by atoms with van der Waals surface area (Å²) in [4.78, 5) is 16.9. The largest absolute Gasteiger partial charge is 0.392 e. The van der Waals surface area contributed by atoms with Crippen LogP contribution in [0.15, 0.2) is 24.3 Å². The van der Waals surface area contributed by atoms with Gasteiger partial charge >= 0.3 is 0 Å². The Morgan fingerprint density at radius 2 is 2.13 bits per heavy atom. The van der Waals surface area contributed by atoms with Crippen molar-refractivity contribution in [1.82, 2.24) is 4.90 Å². The summed E-state index contributed by atoms with van der Waals surface area (Å²) in [6, 6.07) is 8.43. The van der Waals surface area contributed by atoms with Crippen LogP contribution in [0.1, 0.15) is 44.6 Å². The lowest BCUT2D eigenvalue weighted by Crippen LogP contribution is -2.47. The summed E-state index contributed by atoms with van der Waals surface area (Å²) in [5, 5.41) is 10.2. The highest BCUT2D eigenvalue weighted by atomic mass is 16.3. The number of carbonyl (C=O) groups excluding carboxylic acids is 1. The summed E-state index contributed by atoms with van der Waals surface area (Å²) < 4.78 is 0. The molecule has 0 aliphatic carbocycles. The molecule has 1 amide bonds. The van der Waals surface area contributed by atoms with E-state index in [1.807, 2.05) is 30.0 Å². The third kappa shape index (κ3) is 3.59. The van der Waals surface area contributed by atoms with E-state index in [-0.39, 0.29) is 18.1 Å². The average Bonchev–Trinajstić information content (AvgIpc) is 3.03. The van der Waals surface area contributed by atoms with E-state index < -0.39 is 0 Å². The molecule has 4 nitrogen and oxygen atoms in total. The standard InChI is InChI=1S/C19H28N2O2/c1-2-18(22)17-9-5-6-12-20(17)13-11-19(23)21-14-10-15-7-3-4-8-16(15)21/h3-4,7-8,17-18,22H,2,5-6,9-14H2,1H3. The number of aliphatic hydroxyl groups is 1. The lowest BCUT2D eigenvalue weighted by molar-refractivity contribution is -0.119. The monoisotopic (exact) mass is 316 g/mol. The van der Waals surface area contributed by atoms with Crippen molar-refractivity contribution in [3.05, 3.63) is 29.8 Å². The zero-order valence-corrected chi connectivity index (χ0v) is 14.1. The molecule has 0 bridgehead atoms. The Labute approximate surface area is 139 Å². The molecule has 126 valence electrons. The van der Waals surface area contributed by atoms with Crippen LogP contribution < -0.4 is 4.90 Å². The molecule has 0 radical (unpaired) electrons. The number of nitrogens with zero attached hydrogens (tertiary/aromatic N) is 2. The van der Waals surface area contributed by atoms with Crippen molar-refractivity contribution in [2.75, 3.05) is 24.5 Å². The van der Waals surface area contributed by atoms with E-state index in [0.29, 0.717) is 6.42 Å². The Morgan fingerprint density at radius 3 is 2.96 bits per heavy atom. The minimum absolute atomic E-state index is 0.213. The SMILES string of the molecule is CCC(O)C1CCCCN1CCC(=O)N1CCc2ccccc21. The third-order valence-corrected chi connectivity index (χ3v) is 5.33. The van der Waals surface area contributed by atoms with Gasteiger partial charge in [-0.25, -0.2) is 0 Å². The highest BCUT2D eigenvalue weighted by molar-refractivity contribution is 5.95. The smallest absolute Gasteiger partial charge is 0.228 e. The van der Waals surface area contributed by atoms with Crippen molar-refractivity contribution >= 4 is 11.6 Å². The number of aliphatic hydroxyl groups excluding tert-OH is 1. The molecule has 0 aromatic heterocycles. The zero-order valence-electron chi connectivity index (χ0n) is 14.1. The van der Waals surface area contributed by atoms with E-state index in [1.165, 1.54) is 18.4 Å². The number of benzene rings is 1. The molecule has 1 aromatic carbocycles. The van der Waals surface area contributed by atoms with Crippen LogP contribution >= 0.6 is 0 Å². The maximum absolute atomic E-state index is 12.6. The molecule has 2 aliphatic heterocycles. The van der Waals surface area contributed by atoms with Gasteiger partial charge in [-0.3, -0.25) is 9.69 Å². The van der Waals surface area contributed by atoms with Crippen molar-refractivity contribution in [3.8, 4) is 0 Å². The van der Waals surface area contributed by atoms with Crippen LogP contribution in [0.4, 0.5) is 5.69 Å². The molecule has 0 saturated carbocycles. The first kappa shape index (κ1) is 16.5. The fourth-order valence-electron chi connectivity index (χ4n) is 3.97. The van der Waals surface area contributed by atoms with E-state index in [2.05, 4.69) is 11.0 Å². The van der Waals surface area contributed by atoms with Gasteiger partial charge in [0.15, 0.2) is 0 Å². The van der Waals surface area contributed by atoms with Gasteiger partial charge in [0.05, 0.1) is 6.10 Å². The van der Waals surface area contributed by atoms with Crippen molar-refractivity contribution in [1.29, 1.82) is 0 Å². The number of hydrogen-bond acceptors (Lipinski definition) is 3. The van der Waals surface area contributed by atoms with Gasteiger partial charge in [-0.15, -0.1) is 0 Å². The number of piperidine rings is 1. The molecule has 1 fully saturated rings. The Bertz CT molecular complexity index is 546. The van der Waals surface area contributed by atoms with E-state index in [4.69, 9.17) is 0 Å². The van der Waals surface area contributed by atoms with Gasteiger partial charge < -0.3 is 10.0 Å². The number of carbonyl (C=O) groups is 1. The van der Waals surface area contributed by atoms with Gasteiger partial charge in [0.1, 0.15) is 0 Å². The van der Waals surface area contributed by atoms with Crippen LogP contribution in [0.3, 0.4) is 0 Å². The molecule has 1 saturated heterocycles. The molecule has 2 heterocycles. The summed E-state index contributed by atoms with van der Waals surface area (Å²) in [7, 11) is 0. The van der Waals surface area contributed by atoms with Crippen molar-refractivity contribution in [2.24, 2.45) is 0 Å². The van der Waals surface area contributed by atoms with E-state index in [1.54, 1.807) is 0 Å². The van der Waals surface area contributed by atoms with Gasteiger partial charge in [0, 0.05) is 31.2 Å². The first-order valence-corrected chi connectivity index (χ1v) is 9.01. The molecular weight excluding hydrogens is 288 g/mol. The maximum Gasteiger partial charge on any atom is 0.228 e. The second kappa shape index (κ2) is 7.45. The molecule has 3 rings (SSSR count). The topological polar surface area (TPSA) is 43.8 Å². The molecule has 4 heteroatoms. The minimum Gasteiger partial charge on any atom is -0.392 e. The quantitative estimate of drug-likeness (QED) is 0.908. The van der Waals surface area contributed by atoms with Crippen LogP contribution in [-0.2, 0) is 11.2 Å². The van der Waals surface area contributed by atoms with Gasteiger partial charge in [0.2, 0.25) is 5.91 Å². The molecule has 23 heavy (non-hydrogen) atoms. The van der Waals surface area contributed by atoms with Crippen LogP contribution in [0.5, 0.6) is 0 Å². The van der Waals surface area contributed by atoms with Crippen LogP contribution in [0, 0.1) is 0 Å². The molecular formula is C19H28N2O2. The Balaban J connectivity index is 1.58. The fourth-order valence-corrected chi connectivity index (χ4v) is 3.97. The predicted molar refractivity (Wildman–Crippen MR) is 92.6 cm³/mol. The second-order valence-corrected chi connectivity index (χ2v) is 6.75. The minimum atomic E-state index is -0.266. The number of likely N-dealkylation sites (tertiary alicyclic amines) is 1. The summed E-state index contributed by atoms with van der Waals surface area (Å²) in [5.41, 5.74) is 2.36. The number of rotatable bonds is 5. The molecule has 0 spiro atoms. The summed E-state index contributed by atoms with van der Waals surface area (Å²) in [6.45, 7) is 4.60. The van der Waals surface area contributed by atoms with Crippen LogP contribution in [0.2, 0.25) is 0 Å². The Kier molecular flexibility index (Phi) is 5.34. The summed E-state index contributed by atoms with van der Waals surface area (Å²) >= 11 is 0. The normalized spacial score (nSPS) is 22.9. The lowest BCUT2D eigenvalue weighted by atomic mass is 9.95. The van der Waals surface area contributed by atoms with Crippen molar-refractivity contribution in [2.45, 2.75) is 57.6 Å². The van der Waals surface area contributed by atoms with Gasteiger partial charge in [-0.1, -0.05) is 31.5 Å². The predicted octanol–water partition coefficient (Wildman–Crippen LogP) is 2.59. The Morgan fingerprint density at radius 1 is 1.30 bits per heavy atom. The molecule has 2 aliphatic rings. The molecule has 2 atom stereocenters. The number of para-hydroxylation sites is 1. The van der Waals surface area contributed by atoms with Gasteiger partial charge in [-0.2, -0.15) is 0 Å². The number of fused-ring (bicyclic) bond motifs is 1. The lowest BCUT2D eigenvalue weighted by Gasteiger charge is -2.38. The highest BCUT2D eigenvalue weighted by Crippen LogP contribution is 2.28. The zero-order chi connectivity index (χ0) is 16.2. The average molecular weight is 316 g/mol. The number of amides is 1. The highest BCUT2D eigenvalue weighted by Gasteiger charge is 2.29. The molecule has 1 aromatic rings. The van der Waals surface area contributed by atoms with Gasteiger partial charge in [-0.05, 0) is 43.9 Å². The Hall–Kier alpha value is -1.39. The first-order chi connectivity index (χ1) is 11.2. The summed E-state index contributed by atoms with van der Waals surface area (Å²) in [5.74, 6) is 0.213.